The second-order valence-electron chi connectivity index (χ2n) is 3.02. The van der Waals surface area contributed by atoms with Gasteiger partial charge in [-0.2, -0.15) is 0 Å². The number of hydrogen-bond acceptors (Lipinski definition) is 1. The molecule has 0 aromatic heterocycles. The molecule has 65 valence electrons. The molecule has 0 saturated carbocycles. The zero-order chi connectivity index (χ0) is 8.36. The normalized spacial score (nSPS) is 9.91. The molecule has 0 aliphatic heterocycles. The maximum atomic E-state index is 10.2. The van der Waals surface area contributed by atoms with Crippen LogP contribution in [0.25, 0.3) is 0 Å². The van der Waals surface area contributed by atoms with Crippen molar-refractivity contribution in [3.8, 4) is 0 Å². The molecule has 1 radical (unpaired) electrons. The van der Waals surface area contributed by atoms with E-state index in [9.17, 15) is 3.08 Å². The molecule has 0 aliphatic rings. The number of rotatable bonds is 8. The Morgan fingerprint density at radius 2 is 1.45 bits per heavy atom. The Bertz CT molecular complexity index is 83.6. The Morgan fingerprint density at radius 3 is 2.00 bits per heavy atom. The molecule has 0 rings (SSSR count). The molecule has 0 amide bonds. The van der Waals surface area contributed by atoms with Gasteiger partial charge in [0.25, 0.3) is 0 Å². The van der Waals surface area contributed by atoms with Gasteiger partial charge in [0.05, 0.1) is 0 Å². The molecule has 0 aliphatic carbocycles. The van der Waals surface area contributed by atoms with E-state index in [1.165, 1.54) is 44.9 Å². The van der Waals surface area contributed by atoms with Crippen molar-refractivity contribution in [2.45, 2.75) is 56.3 Å². The van der Waals surface area contributed by atoms with Gasteiger partial charge in [0, 0.05) is 0 Å². The van der Waals surface area contributed by atoms with E-state index in [1.807, 2.05) is 0 Å². The first-order valence-electron chi connectivity index (χ1n) is 4.76. The third-order valence-electron chi connectivity index (χ3n) is 1.88. The van der Waals surface area contributed by atoms with Gasteiger partial charge in [0.1, 0.15) is 0 Å². The molecule has 0 atom stereocenters. The summed E-state index contributed by atoms with van der Waals surface area (Å²) in [4.78, 5) is 0. The van der Waals surface area contributed by atoms with Crippen molar-refractivity contribution in [1.29, 1.82) is 0 Å². The minimum atomic E-state index is -1.10. The van der Waals surface area contributed by atoms with Gasteiger partial charge in [0.15, 0.2) is 0 Å². The molecule has 0 heterocycles. The molecule has 2 heteroatoms. The monoisotopic (exact) mass is 263 g/mol. The summed E-state index contributed by atoms with van der Waals surface area (Å²) in [5, 5.41) is 0. The van der Waals surface area contributed by atoms with Crippen LogP contribution in [-0.2, 0) is 3.08 Å². The predicted octanol–water partition coefficient (Wildman–Crippen LogP) is 3.21. The van der Waals surface area contributed by atoms with Gasteiger partial charge in [-0.05, 0) is 0 Å². The fourth-order valence-corrected chi connectivity index (χ4v) is 2.28. The van der Waals surface area contributed by atoms with Crippen LogP contribution in [0.15, 0.2) is 0 Å². The molecule has 0 bridgehead atoms. The Hall–Kier alpha value is 0.599. The van der Waals surface area contributed by atoms with Gasteiger partial charge in [-0.25, -0.2) is 0 Å². The quantitative estimate of drug-likeness (QED) is 0.485. The van der Waals surface area contributed by atoms with E-state index < -0.39 is 21.1 Å². The Morgan fingerprint density at radius 1 is 0.909 bits per heavy atom. The van der Waals surface area contributed by atoms with Crippen LogP contribution >= 0.6 is 0 Å². The van der Waals surface area contributed by atoms with Crippen molar-refractivity contribution >= 4 is 21.1 Å². The summed E-state index contributed by atoms with van der Waals surface area (Å²) in [5.74, 6) is 0. The van der Waals surface area contributed by atoms with Crippen molar-refractivity contribution in [2.24, 2.45) is 0 Å². The van der Waals surface area contributed by atoms with Crippen molar-refractivity contribution in [1.82, 2.24) is 0 Å². The molecule has 1 nitrogen and oxygen atoms in total. The molecule has 11 heavy (non-hydrogen) atoms. The molecular weight excluding hydrogens is 243 g/mol. The van der Waals surface area contributed by atoms with Crippen LogP contribution in [0.5, 0.6) is 0 Å². The van der Waals surface area contributed by atoms with Gasteiger partial charge in [-0.15, -0.1) is 0 Å². The number of hydrogen-bond donors (Lipinski definition) is 0. The fourth-order valence-electron chi connectivity index (χ4n) is 1.15. The van der Waals surface area contributed by atoms with Crippen LogP contribution in [0.2, 0.25) is 4.44 Å². The molecule has 0 saturated heterocycles. The molecular formula is C9H19OSn. The van der Waals surface area contributed by atoms with E-state index in [0.717, 1.165) is 4.44 Å². The maximum absolute atomic E-state index is 10.2. The van der Waals surface area contributed by atoms with Gasteiger partial charge in [0.2, 0.25) is 0 Å². The summed E-state index contributed by atoms with van der Waals surface area (Å²) in [6.07, 6.45) is 9.40. The molecule has 0 aromatic rings. The topological polar surface area (TPSA) is 17.1 Å². The van der Waals surface area contributed by atoms with E-state index in [1.54, 1.807) is 0 Å². The Labute approximate surface area is 80.6 Å². The summed E-state index contributed by atoms with van der Waals surface area (Å²) in [6, 6.07) is 0. The summed E-state index contributed by atoms with van der Waals surface area (Å²) < 4.78 is 11.3. The van der Waals surface area contributed by atoms with E-state index in [2.05, 4.69) is 6.92 Å². The van der Waals surface area contributed by atoms with Gasteiger partial charge < -0.3 is 0 Å². The first-order valence-corrected chi connectivity index (χ1v) is 7.95. The SMILES string of the molecule is CCCCCCCC[CH2][Sn]=[O]. The van der Waals surface area contributed by atoms with E-state index in [4.69, 9.17) is 0 Å². The van der Waals surface area contributed by atoms with Gasteiger partial charge in [-0.1, -0.05) is 0 Å². The first-order chi connectivity index (χ1) is 5.41. The Kier molecular flexibility index (Phi) is 11.2. The number of unbranched alkanes of at least 4 members (excludes halogenated alkanes) is 6. The van der Waals surface area contributed by atoms with Crippen molar-refractivity contribution in [3.05, 3.63) is 0 Å². The van der Waals surface area contributed by atoms with Crippen LogP contribution in [0.3, 0.4) is 0 Å². The molecule has 0 fully saturated rings. The molecule has 0 spiro atoms. The van der Waals surface area contributed by atoms with E-state index in [-0.39, 0.29) is 0 Å². The van der Waals surface area contributed by atoms with Crippen molar-refractivity contribution in [3.63, 3.8) is 0 Å². The van der Waals surface area contributed by atoms with Crippen LogP contribution < -0.4 is 0 Å². The van der Waals surface area contributed by atoms with E-state index >= 15 is 0 Å². The third kappa shape index (κ3) is 10.6. The van der Waals surface area contributed by atoms with Crippen molar-refractivity contribution < 1.29 is 3.08 Å². The van der Waals surface area contributed by atoms with Crippen LogP contribution in [0.4, 0.5) is 0 Å². The minimum absolute atomic E-state index is 1.05. The third-order valence-corrected chi connectivity index (χ3v) is 3.47. The van der Waals surface area contributed by atoms with Gasteiger partial charge in [-0.3, -0.25) is 0 Å². The second kappa shape index (κ2) is 10.6. The average molecular weight is 262 g/mol. The van der Waals surface area contributed by atoms with Gasteiger partial charge >= 0.3 is 80.5 Å². The summed E-state index contributed by atoms with van der Waals surface area (Å²) in [6.45, 7) is 2.24. The first kappa shape index (κ1) is 11.6. The summed E-state index contributed by atoms with van der Waals surface area (Å²) in [7, 11) is 0. The average Bonchev–Trinajstić information content (AvgIpc) is 2.03. The van der Waals surface area contributed by atoms with E-state index in [0.29, 0.717) is 0 Å². The summed E-state index contributed by atoms with van der Waals surface area (Å²) >= 11 is -1.10. The molecule has 0 N–H and O–H groups in total. The standard InChI is InChI=1S/C9H19.O.Sn/c1-3-5-7-9-8-6-4-2;;/h1,3-9H2,2H3;;. The Balaban J connectivity index is 2.74. The second-order valence-corrected chi connectivity index (χ2v) is 5.27. The fraction of sp³-hybridized carbons (Fsp3) is 1.00. The van der Waals surface area contributed by atoms with Crippen LogP contribution in [0, 0.1) is 0 Å². The zero-order valence-corrected chi connectivity index (χ0v) is 10.4. The molecule has 0 unspecified atom stereocenters. The predicted molar refractivity (Wildman–Crippen MR) is 49.2 cm³/mol. The summed E-state index contributed by atoms with van der Waals surface area (Å²) in [5.41, 5.74) is 0. The van der Waals surface area contributed by atoms with Crippen LogP contribution in [0.1, 0.15) is 51.9 Å². The van der Waals surface area contributed by atoms with Crippen LogP contribution in [-0.4, -0.2) is 21.1 Å². The molecule has 0 aromatic carbocycles. The zero-order valence-electron chi connectivity index (χ0n) is 7.57. The van der Waals surface area contributed by atoms with Crippen molar-refractivity contribution in [2.75, 3.05) is 0 Å².